The summed E-state index contributed by atoms with van der Waals surface area (Å²) < 4.78 is 14.7. The van der Waals surface area contributed by atoms with E-state index in [1.54, 1.807) is 6.07 Å². The van der Waals surface area contributed by atoms with Crippen molar-refractivity contribution in [2.75, 3.05) is 13.1 Å². The Balaban J connectivity index is 0.00000225. The molecule has 3 rings (SSSR count). The molecule has 0 aliphatic carbocycles. The highest BCUT2D eigenvalue weighted by molar-refractivity contribution is 9.10. The van der Waals surface area contributed by atoms with E-state index in [0.717, 1.165) is 23.1 Å². The van der Waals surface area contributed by atoms with E-state index in [-0.39, 0.29) is 29.3 Å². The quantitative estimate of drug-likeness (QED) is 0.674. The zero-order valence-electron chi connectivity index (χ0n) is 14.2. The van der Waals surface area contributed by atoms with E-state index in [1.165, 1.54) is 11.6 Å². The SMILES string of the molecule is C[C@@H]1CN[C@@H](C)CN1C(c1ccc(Br)cc1)c1ccc(F)c(Cl)c1.Cl. The largest absolute Gasteiger partial charge is 0.311 e. The van der Waals surface area contributed by atoms with E-state index >= 15 is 0 Å². The molecule has 1 fully saturated rings. The maximum absolute atomic E-state index is 13.6. The van der Waals surface area contributed by atoms with Crippen molar-refractivity contribution in [2.45, 2.75) is 32.0 Å². The maximum Gasteiger partial charge on any atom is 0.141 e. The molecular formula is C19H22BrCl2FN2. The summed E-state index contributed by atoms with van der Waals surface area (Å²) in [6.45, 7) is 6.27. The Bertz CT molecular complexity index is 711. The summed E-state index contributed by atoms with van der Waals surface area (Å²) in [7, 11) is 0. The minimum atomic E-state index is -0.378. The summed E-state index contributed by atoms with van der Waals surface area (Å²) in [5, 5.41) is 3.69. The van der Waals surface area contributed by atoms with Gasteiger partial charge in [0.15, 0.2) is 0 Å². The number of nitrogens with zero attached hydrogens (tertiary/aromatic N) is 1. The second-order valence-electron chi connectivity index (χ2n) is 6.48. The number of hydrogen-bond donors (Lipinski definition) is 1. The summed E-state index contributed by atoms with van der Waals surface area (Å²) in [6.07, 6.45) is 0. The smallest absolute Gasteiger partial charge is 0.141 e. The molecule has 2 aromatic carbocycles. The van der Waals surface area contributed by atoms with Gasteiger partial charge in [-0.1, -0.05) is 45.7 Å². The van der Waals surface area contributed by atoms with Crippen molar-refractivity contribution < 1.29 is 4.39 Å². The van der Waals surface area contributed by atoms with E-state index in [1.807, 2.05) is 18.2 Å². The van der Waals surface area contributed by atoms with Crippen molar-refractivity contribution in [3.63, 3.8) is 0 Å². The zero-order chi connectivity index (χ0) is 17.3. The summed E-state index contributed by atoms with van der Waals surface area (Å²) in [4.78, 5) is 2.47. The zero-order valence-corrected chi connectivity index (χ0v) is 17.3. The highest BCUT2D eigenvalue weighted by Crippen LogP contribution is 2.34. The molecule has 0 aromatic heterocycles. The highest BCUT2D eigenvalue weighted by Gasteiger charge is 2.31. The number of piperazine rings is 1. The van der Waals surface area contributed by atoms with Gasteiger partial charge in [0.05, 0.1) is 11.1 Å². The molecule has 0 spiro atoms. The van der Waals surface area contributed by atoms with Crippen molar-refractivity contribution in [2.24, 2.45) is 0 Å². The second kappa shape index (κ2) is 8.83. The van der Waals surface area contributed by atoms with Crippen LogP contribution in [0.4, 0.5) is 4.39 Å². The monoisotopic (exact) mass is 446 g/mol. The van der Waals surface area contributed by atoms with Crippen LogP contribution in [0.5, 0.6) is 0 Å². The van der Waals surface area contributed by atoms with E-state index < -0.39 is 0 Å². The minimum absolute atomic E-state index is 0. The molecule has 136 valence electrons. The Morgan fingerprint density at radius 1 is 1.16 bits per heavy atom. The standard InChI is InChI=1S/C19H21BrClFN2.ClH/c1-12-11-24(13(2)10-23-12)19(14-3-6-16(20)7-4-14)15-5-8-18(22)17(21)9-15;/h3-9,12-13,19,23H,10-11H2,1-2H3;1H/t12-,13+,19?;/m0./s1. The van der Waals surface area contributed by atoms with Gasteiger partial charge in [-0.3, -0.25) is 4.90 Å². The third-order valence-electron chi connectivity index (χ3n) is 4.59. The first kappa shape index (κ1) is 20.7. The van der Waals surface area contributed by atoms with Gasteiger partial charge in [0.25, 0.3) is 0 Å². The van der Waals surface area contributed by atoms with Crippen molar-refractivity contribution in [1.82, 2.24) is 10.2 Å². The first-order valence-electron chi connectivity index (χ1n) is 8.15. The first-order valence-corrected chi connectivity index (χ1v) is 9.32. The molecule has 0 saturated carbocycles. The van der Waals surface area contributed by atoms with Crippen LogP contribution in [0.2, 0.25) is 5.02 Å². The summed E-state index contributed by atoms with van der Waals surface area (Å²) in [6, 6.07) is 14.2. The lowest BCUT2D eigenvalue weighted by molar-refractivity contribution is 0.113. The molecular weight excluding hydrogens is 426 g/mol. The fraction of sp³-hybridized carbons (Fsp3) is 0.368. The Kier molecular flexibility index (Phi) is 7.29. The Morgan fingerprint density at radius 3 is 2.44 bits per heavy atom. The average molecular weight is 448 g/mol. The molecule has 1 N–H and O–H groups in total. The van der Waals surface area contributed by atoms with Crippen LogP contribution < -0.4 is 5.32 Å². The molecule has 0 radical (unpaired) electrons. The van der Waals surface area contributed by atoms with Crippen LogP contribution in [0.3, 0.4) is 0 Å². The molecule has 1 heterocycles. The van der Waals surface area contributed by atoms with Gasteiger partial charge in [-0.25, -0.2) is 4.39 Å². The van der Waals surface area contributed by atoms with Gasteiger partial charge in [-0.05, 0) is 49.2 Å². The molecule has 0 bridgehead atoms. The predicted octanol–water partition coefficient (Wildman–Crippen LogP) is 5.44. The molecule has 0 amide bonds. The van der Waals surface area contributed by atoms with Gasteiger partial charge in [-0.2, -0.15) is 0 Å². The lowest BCUT2D eigenvalue weighted by Gasteiger charge is -2.43. The fourth-order valence-electron chi connectivity index (χ4n) is 3.31. The van der Waals surface area contributed by atoms with Crippen LogP contribution in [0, 0.1) is 5.82 Å². The molecule has 1 aliphatic heterocycles. The van der Waals surface area contributed by atoms with Crippen LogP contribution in [0.15, 0.2) is 46.9 Å². The summed E-state index contributed by atoms with van der Waals surface area (Å²) >= 11 is 9.56. The Hall–Kier alpha value is -0.650. The molecule has 1 aliphatic rings. The maximum atomic E-state index is 13.6. The first-order chi connectivity index (χ1) is 11.5. The van der Waals surface area contributed by atoms with Crippen molar-refractivity contribution in [1.29, 1.82) is 0 Å². The van der Waals surface area contributed by atoms with Gasteiger partial charge in [0.2, 0.25) is 0 Å². The van der Waals surface area contributed by atoms with Gasteiger partial charge in [-0.15, -0.1) is 12.4 Å². The van der Waals surface area contributed by atoms with Crippen molar-refractivity contribution in [3.8, 4) is 0 Å². The van der Waals surface area contributed by atoms with Crippen molar-refractivity contribution in [3.05, 3.63) is 68.9 Å². The molecule has 25 heavy (non-hydrogen) atoms. The second-order valence-corrected chi connectivity index (χ2v) is 7.81. The molecule has 2 aromatic rings. The fourth-order valence-corrected chi connectivity index (χ4v) is 3.77. The topological polar surface area (TPSA) is 15.3 Å². The van der Waals surface area contributed by atoms with E-state index in [2.05, 4.69) is 52.1 Å². The summed E-state index contributed by atoms with van der Waals surface area (Å²) in [5.74, 6) is -0.378. The lowest BCUT2D eigenvalue weighted by Crippen LogP contribution is -2.55. The van der Waals surface area contributed by atoms with Crippen LogP contribution in [-0.4, -0.2) is 30.1 Å². The highest BCUT2D eigenvalue weighted by atomic mass is 79.9. The third kappa shape index (κ3) is 4.75. The van der Waals surface area contributed by atoms with Crippen LogP contribution in [0.25, 0.3) is 0 Å². The van der Waals surface area contributed by atoms with Crippen LogP contribution >= 0.6 is 39.9 Å². The number of benzene rings is 2. The Labute approximate surface area is 168 Å². The van der Waals surface area contributed by atoms with Gasteiger partial charge in [0.1, 0.15) is 5.82 Å². The molecule has 1 saturated heterocycles. The van der Waals surface area contributed by atoms with E-state index in [4.69, 9.17) is 11.6 Å². The lowest BCUT2D eigenvalue weighted by atomic mass is 9.94. The number of rotatable bonds is 3. The predicted molar refractivity (Wildman–Crippen MR) is 108 cm³/mol. The van der Waals surface area contributed by atoms with E-state index in [0.29, 0.717) is 12.1 Å². The van der Waals surface area contributed by atoms with Crippen LogP contribution in [-0.2, 0) is 0 Å². The molecule has 3 atom stereocenters. The normalized spacial score (nSPS) is 22.3. The van der Waals surface area contributed by atoms with Gasteiger partial charge < -0.3 is 5.32 Å². The number of halogens is 4. The van der Waals surface area contributed by atoms with Crippen molar-refractivity contribution >= 4 is 39.9 Å². The van der Waals surface area contributed by atoms with E-state index in [9.17, 15) is 4.39 Å². The number of nitrogens with one attached hydrogen (secondary N) is 1. The average Bonchev–Trinajstić information content (AvgIpc) is 2.56. The molecule has 6 heteroatoms. The molecule has 1 unspecified atom stereocenters. The van der Waals surface area contributed by atoms with Gasteiger partial charge in [0, 0.05) is 29.6 Å². The Morgan fingerprint density at radius 2 is 1.80 bits per heavy atom. The van der Waals surface area contributed by atoms with Gasteiger partial charge >= 0.3 is 0 Å². The minimum Gasteiger partial charge on any atom is -0.311 e. The summed E-state index contributed by atoms with van der Waals surface area (Å²) in [5.41, 5.74) is 2.20. The van der Waals surface area contributed by atoms with Crippen LogP contribution in [0.1, 0.15) is 31.0 Å². The third-order valence-corrected chi connectivity index (χ3v) is 5.41. The number of hydrogen-bond acceptors (Lipinski definition) is 2. The molecule has 2 nitrogen and oxygen atoms in total.